The van der Waals surface area contributed by atoms with Gasteiger partial charge < -0.3 is 10.2 Å². The van der Waals surface area contributed by atoms with E-state index in [1.165, 1.54) is 0 Å². The van der Waals surface area contributed by atoms with E-state index in [9.17, 15) is 0 Å². The van der Waals surface area contributed by atoms with E-state index in [1.54, 1.807) is 19.4 Å². The predicted molar refractivity (Wildman–Crippen MR) is 75.9 cm³/mol. The first-order chi connectivity index (χ1) is 9.15. The Hall–Kier alpha value is -2.14. The Bertz CT molecular complexity index is 569. The van der Waals surface area contributed by atoms with Gasteiger partial charge >= 0.3 is 0 Å². The molecule has 0 amide bonds. The normalized spacial score (nSPS) is 10.6. The van der Waals surface area contributed by atoms with E-state index in [2.05, 4.69) is 35.3 Å². The van der Waals surface area contributed by atoms with Crippen molar-refractivity contribution in [3.05, 3.63) is 36.0 Å². The molecule has 0 fully saturated rings. The number of hydrogen-bond acceptors (Lipinski definition) is 5. The lowest BCUT2D eigenvalue weighted by Gasteiger charge is -2.13. The van der Waals surface area contributed by atoms with Crippen LogP contribution >= 0.6 is 0 Å². The van der Waals surface area contributed by atoms with Gasteiger partial charge in [-0.25, -0.2) is 15.8 Å². The number of nitrogens with two attached hydrogens (primary N) is 1. The van der Waals surface area contributed by atoms with Crippen LogP contribution in [0.5, 0.6) is 5.75 Å². The van der Waals surface area contributed by atoms with Crippen molar-refractivity contribution in [2.75, 3.05) is 12.5 Å². The van der Waals surface area contributed by atoms with Crippen LogP contribution < -0.4 is 16.0 Å². The van der Waals surface area contributed by atoms with Gasteiger partial charge in [0.15, 0.2) is 5.82 Å². The molecule has 1 heterocycles. The maximum Gasteiger partial charge on any atom is 0.161 e. The fraction of sp³-hybridized carbons (Fsp3) is 0.286. The number of nitrogens with zero attached hydrogens (tertiary/aromatic N) is 2. The zero-order valence-electron chi connectivity index (χ0n) is 11.3. The number of anilines is 1. The summed E-state index contributed by atoms with van der Waals surface area (Å²) in [6, 6.07) is 7.66. The SMILES string of the molecule is COc1ccc(-c2nccc(NN)n2)cc1C(C)C. The van der Waals surface area contributed by atoms with Crippen molar-refractivity contribution in [1.29, 1.82) is 0 Å². The second kappa shape index (κ2) is 5.67. The molecule has 0 saturated heterocycles. The highest BCUT2D eigenvalue weighted by Gasteiger charge is 2.10. The Kier molecular flexibility index (Phi) is 3.97. The quantitative estimate of drug-likeness (QED) is 0.651. The molecule has 0 aliphatic heterocycles. The van der Waals surface area contributed by atoms with Crippen LogP contribution in [-0.4, -0.2) is 17.1 Å². The van der Waals surface area contributed by atoms with Crippen LogP contribution in [0.3, 0.4) is 0 Å². The van der Waals surface area contributed by atoms with Gasteiger partial charge in [-0.2, -0.15) is 0 Å². The molecule has 1 aromatic carbocycles. The molecule has 2 aromatic rings. The molecule has 0 aliphatic carbocycles. The van der Waals surface area contributed by atoms with Crippen LogP contribution in [0.2, 0.25) is 0 Å². The molecular formula is C14H18N4O. The van der Waals surface area contributed by atoms with E-state index in [1.807, 2.05) is 12.1 Å². The van der Waals surface area contributed by atoms with Gasteiger partial charge in [-0.05, 0) is 29.7 Å². The van der Waals surface area contributed by atoms with Crippen molar-refractivity contribution >= 4 is 5.82 Å². The Morgan fingerprint density at radius 1 is 1.26 bits per heavy atom. The van der Waals surface area contributed by atoms with Gasteiger partial charge in [0.25, 0.3) is 0 Å². The van der Waals surface area contributed by atoms with Crippen molar-refractivity contribution in [2.45, 2.75) is 19.8 Å². The summed E-state index contributed by atoms with van der Waals surface area (Å²) < 4.78 is 5.37. The van der Waals surface area contributed by atoms with Crippen LogP contribution in [0.4, 0.5) is 5.82 Å². The first kappa shape index (κ1) is 13.3. The third-order valence-corrected chi connectivity index (χ3v) is 2.91. The van der Waals surface area contributed by atoms with Crippen molar-refractivity contribution in [3.8, 4) is 17.1 Å². The zero-order valence-corrected chi connectivity index (χ0v) is 11.3. The number of nitrogens with one attached hydrogen (secondary N) is 1. The standard InChI is InChI=1S/C14H18N4O/c1-9(2)11-8-10(4-5-12(11)19-3)14-16-7-6-13(17-14)18-15/h4-9H,15H2,1-3H3,(H,16,17,18). The van der Waals surface area contributed by atoms with E-state index in [0.717, 1.165) is 16.9 Å². The lowest BCUT2D eigenvalue weighted by Crippen LogP contribution is -2.09. The van der Waals surface area contributed by atoms with E-state index in [-0.39, 0.29) is 0 Å². The van der Waals surface area contributed by atoms with E-state index in [0.29, 0.717) is 17.6 Å². The molecule has 0 spiro atoms. The van der Waals surface area contributed by atoms with Gasteiger partial charge in [-0.1, -0.05) is 13.8 Å². The summed E-state index contributed by atoms with van der Waals surface area (Å²) in [6.45, 7) is 4.25. The molecule has 0 saturated carbocycles. The molecule has 5 nitrogen and oxygen atoms in total. The Balaban J connectivity index is 2.47. The summed E-state index contributed by atoms with van der Waals surface area (Å²) >= 11 is 0. The zero-order chi connectivity index (χ0) is 13.8. The van der Waals surface area contributed by atoms with Gasteiger partial charge in [-0.3, -0.25) is 0 Å². The summed E-state index contributed by atoms with van der Waals surface area (Å²) in [6.07, 6.45) is 1.68. The molecule has 0 atom stereocenters. The molecule has 3 N–H and O–H groups in total. The molecule has 1 aromatic heterocycles. The van der Waals surface area contributed by atoms with Crippen LogP contribution in [-0.2, 0) is 0 Å². The second-order valence-corrected chi connectivity index (χ2v) is 4.52. The first-order valence-electron chi connectivity index (χ1n) is 6.13. The molecule has 0 bridgehead atoms. The smallest absolute Gasteiger partial charge is 0.161 e. The highest BCUT2D eigenvalue weighted by atomic mass is 16.5. The average molecular weight is 258 g/mol. The Labute approximate surface area is 112 Å². The Morgan fingerprint density at radius 3 is 2.68 bits per heavy atom. The number of aromatic nitrogens is 2. The predicted octanol–water partition coefficient (Wildman–Crippen LogP) is 2.56. The fourth-order valence-electron chi connectivity index (χ4n) is 1.90. The number of methoxy groups -OCH3 is 1. The summed E-state index contributed by atoms with van der Waals surface area (Å²) in [4.78, 5) is 8.60. The maximum atomic E-state index is 5.37. The third kappa shape index (κ3) is 2.82. The van der Waals surface area contributed by atoms with Crippen LogP contribution in [0.15, 0.2) is 30.5 Å². The molecule has 2 rings (SSSR count). The number of nitrogen functional groups attached to an aromatic ring is 1. The summed E-state index contributed by atoms with van der Waals surface area (Å²) in [5, 5.41) is 0. The number of ether oxygens (including phenoxy) is 1. The molecule has 19 heavy (non-hydrogen) atoms. The Morgan fingerprint density at radius 2 is 2.05 bits per heavy atom. The van der Waals surface area contributed by atoms with Crippen LogP contribution in [0, 0.1) is 0 Å². The number of rotatable bonds is 4. The topological polar surface area (TPSA) is 73.1 Å². The number of hydrogen-bond donors (Lipinski definition) is 2. The van der Waals surface area contributed by atoms with E-state index < -0.39 is 0 Å². The number of benzene rings is 1. The highest BCUT2D eigenvalue weighted by molar-refractivity contribution is 5.60. The second-order valence-electron chi connectivity index (χ2n) is 4.52. The lowest BCUT2D eigenvalue weighted by molar-refractivity contribution is 0.407. The highest BCUT2D eigenvalue weighted by Crippen LogP contribution is 2.30. The maximum absolute atomic E-state index is 5.37. The minimum absolute atomic E-state index is 0.366. The third-order valence-electron chi connectivity index (χ3n) is 2.91. The number of hydrazine groups is 1. The molecule has 0 radical (unpaired) electrons. The fourth-order valence-corrected chi connectivity index (χ4v) is 1.90. The van der Waals surface area contributed by atoms with Crippen molar-refractivity contribution in [3.63, 3.8) is 0 Å². The first-order valence-corrected chi connectivity index (χ1v) is 6.13. The van der Waals surface area contributed by atoms with Gasteiger partial charge in [0.2, 0.25) is 0 Å². The van der Waals surface area contributed by atoms with Crippen molar-refractivity contribution in [1.82, 2.24) is 9.97 Å². The van der Waals surface area contributed by atoms with Gasteiger partial charge in [0.1, 0.15) is 11.6 Å². The minimum atomic E-state index is 0.366. The summed E-state index contributed by atoms with van der Waals surface area (Å²) in [5.41, 5.74) is 4.60. The summed E-state index contributed by atoms with van der Waals surface area (Å²) in [5.74, 6) is 7.84. The largest absolute Gasteiger partial charge is 0.496 e. The van der Waals surface area contributed by atoms with E-state index >= 15 is 0 Å². The molecule has 0 aliphatic rings. The van der Waals surface area contributed by atoms with Crippen molar-refractivity contribution < 1.29 is 4.74 Å². The monoisotopic (exact) mass is 258 g/mol. The van der Waals surface area contributed by atoms with Gasteiger partial charge in [0.05, 0.1) is 7.11 Å². The van der Waals surface area contributed by atoms with Crippen LogP contribution in [0.1, 0.15) is 25.3 Å². The summed E-state index contributed by atoms with van der Waals surface area (Å²) in [7, 11) is 1.68. The average Bonchev–Trinajstić information content (AvgIpc) is 2.46. The minimum Gasteiger partial charge on any atom is -0.496 e. The van der Waals surface area contributed by atoms with Crippen LogP contribution in [0.25, 0.3) is 11.4 Å². The lowest BCUT2D eigenvalue weighted by atomic mass is 9.99. The molecule has 0 unspecified atom stereocenters. The van der Waals surface area contributed by atoms with Gasteiger partial charge in [0, 0.05) is 17.8 Å². The molecular weight excluding hydrogens is 240 g/mol. The molecule has 100 valence electrons. The van der Waals surface area contributed by atoms with E-state index in [4.69, 9.17) is 10.6 Å². The molecule has 5 heteroatoms. The van der Waals surface area contributed by atoms with Crippen molar-refractivity contribution in [2.24, 2.45) is 5.84 Å². The van der Waals surface area contributed by atoms with Gasteiger partial charge in [-0.15, -0.1) is 0 Å².